The second-order valence-electron chi connectivity index (χ2n) is 4.36. The maximum atomic E-state index is 11.2. The molecule has 0 unspecified atom stereocenters. The molecule has 0 aliphatic rings. The second-order valence-corrected chi connectivity index (χ2v) is 4.36. The van der Waals surface area contributed by atoms with Gasteiger partial charge in [-0.1, -0.05) is 0 Å². The molecule has 2 rings (SSSR count). The van der Waals surface area contributed by atoms with Crippen LogP contribution >= 0.6 is 0 Å². The van der Waals surface area contributed by atoms with E-state index in [9.17, 15) is 10.1 Å². The third-order valence-electron chi connectivity index (χ3n) is 2.92. The average Bonchev–Trinajstić information content (AvgIpc) is 2.68. The van der Waals surface area contributed by atoms with Crippen molar-refractivity contribution in [2.75, 3.05) is 6.61 Å². The third-order valence-corrected chi connectivity index (χ3v) is 2.92. The van der Waals surface area contributed by atoms with Gasteiger partial charge in [0.05, 0.1) is 23.2 Å². The molecule has 0 radical (unpaired) electrons. The number of nitrogens with zero attached hydrogens (tertiary/aromatic N) is 1. The smallest absolute Gasteiger partial charge is 0.280 e. The van der Waals surface area contributed by atoms with Crippen molar-refractivity contribution in [1.29, 1.82) is 0 Å². The molecule has 1 heterocycles. The lowest BCUT2D eigenvalue weighted by molar-refractivity contribution is -0.384. The molecule has 0 saturated heterocycles. The minimum atomic E-state index is -0.375. The molecule has 2 aromatic rings. The fourth-order valence-electron chi connectivity index (χ4n) is 2.15. The lowest BCUT2D eigenvalue weighted by Gasteiger charge is -2.06. The van der Waals surface area contributed by atoms with Crippen molar-refractivity contribution in [3.63, 3.8) is 0 Å². The van der Waals surface area contributed by atoms with E-state index in [-0.39, 0.29) is 10.6 Å². The van der Waals surface area contributed by atoms with Gasteiger partial charge in [-0.3, -0.25) is 10.1 Å². The minimum absolute atomic E-state index is 0.0630. The standard InChI is InChI=1S/C14H16N2O3/c1-4-19-11-5-6-12(14(8-11)16(17)18)13-7-9(2)15-10(13)3/h5-8,15H,4H2,1-3H3. The molecule has 0 atom stereocenters. The minimum Gasteiger partial charge on any atom is -0.494 e. The number of aromatic amines is 1. The number of nitro benzene ring substituents is 1. The van der Waals surface area contributed by atoms with Crippen LogP contribution in [0.25, 0.3) is 11.1 Å². The van der Waals surface area contributed by atoms with Crippen molar-refractivity contribution in [3.8, 4) is 16.9 Å². The molecular formula is C14H16N2O3. The summed E-state index contributed by atoms with van der Waals surface area (Å²) in [5, 5.41) is 11.2. The number of ether oxygens (including phenoxy) is 1. The van der Waals surface area contributed by atoms with Gasteiger partial charge in [0.1, 0.15) is 5.75 Å². The van der Waals surface area contributed by atoms with Gasteiger partial charge < -0.3 is 9.72 Å². The molecule has 0 saturated carbocycles. The maximum absolute atomic E-state index is 11.2. The van der Waals surface area contributed by atoms with Crippen molar-refractivity contribution >= 4 is 5.69 Å². The van der Waals surface area contributed by atoms with Gasteiger partial charge in [-0.25, -0.2) is 0 Å². The number of aryl methyl sites for hydroxylation is 2. The number of hydrogen-bond donors (Lipinski definition) is 1. The Labute approximate surface area is 111 Å². The normalized spacial score (nSPS) is 10.5. The van der Waals surface area contributed by atoms with Crippen molar-refractivity contribution in [3.05, 3.63) is 45.8 Å². The molecule has 100 valence electrons. The van der Waals surface area contributed by atoms with Crippen molar-refractivity contribution < 1.29 is 9.66 Å². The molecule has 0 bridgehead atoms. The first-order valence-electron chi connectivity index (χ1n) is 6.10. The predicted octanol–water partition coefficient (Wildman–Crippen LogP) is 3.61. The maximum Gasteiger partial charge on any atom is 0.280 e. The highest BCUT2D eigenvalue weighted by molar-refractivity contribution is 5.76. The SMILES string of the molecule is CCOc1ccc(-c2cc(C)[nH]c2C)c([N+](=O)[O-])c1. The monoisotopic (exact) mass is 260 g/mol. The van der Waals surface area contributed by atoms with E-state index >= 15 is 0 Å². The summed E-state index contributed by atoms with van der Waals surface area (Å²) in [6.45, 7) is 6.16. The number of aromatic nitrogens is 1. The molecule has 0 amide bonds. The van der Waals surface area contributed by atoms with Crippen LogP contribution in [0.4, 0.5) is 5.69 Å². The number of benzene rings is 1. The molecule has 5 heteroatoms. The van der Waals surface area contributed by atoms with E-state index in [2.05, 4.69) is 4.98 Å². The molecule has 0 aliphatic heterocycles. The second kappa shape index (κ2) is 5.14. The third kappa shape index (κ3) is 2.59. The quantitative estimate of drug-likeness (QED) is 0.674. The van der Waals surface area contributed by atoms with Gasteiger partial charge in [0.2, 0.25) is 0 Å². The molecule has 19 heavy (non-hydrogen) atoms. The van der Waals surface area contributed by atoms with Crippen molar-refractivity contribution in [2.24, 2.45) is 0 Å². The molecular weight excluding hydrogens is 244 g/mol. The number of nitro groups is 1. The van der Waals surface area contributed by atoms with Gasteiger partial charge in [-0.05, 0) is 39.0 Å². The molecule has 5 nitrogen and oxygen atoms in total. The summed E-state index contributed by atoms with van der Waals surface area (Å²) in [5.74, 6) is 0.517. The summed E-state index contributed by atoms with van der Waals surface area (Å²) in [4.78, 5) is 14.0. The van der Waals surface area contributed by atoms with E-state index in [4.69, 9.17) is 4.74 Å². The van der Waals surface area contributed by atoms with E-state index in [1.807, 2.05) is 26.8 Å². The number of nitrogens with one attached hydrogen (secondary N) is 1. The molecule has 0 aliphatic carbocycles. The van der Waals surface area contributed by atoms with Crippen LogP contribution in [0.15, 0.2) is 24.3 Å². The van der Waals surface area contributed by atoms with E-state index in [1.165, 1.54) is 6.07 Å². The van der Waals surface area contributed by atoms with E-state index in [0.29, 0.717) is 17.9 Å². The van der Waals surface area contributed by atoms with Crippen LogP contribution in [0.5, 0.6) is 5.75 Å². The Balaban J connectivity index is 2.56. The van der Waals surface area contributed by atoms with Crippen LogP contribution in [0, 0.1) is 24.0 Å². The van der Waals surface area contributed by atoms with Crippen molar-refractivity contribution in [2.45, 2.75) is 20.8 Å². The highest BCUT2D eigenvalue weighted by Crippen LogP contribution is 2.35. The average molecular weight is 260 g/mol. The number of H-pyrrole nitrogens is 1. The summed E-state index contributed by atoms with van der Waals surface area (Å²) < 4.78 is 5.31. The summed E-state index contributed by atoms with van der Waals surface area (Å²) in [6, 6.07) is 6.88. The zero-order valence-electron chi connectivity index (χ0n) is 11.2. The first-order valence-corrected chi connectivity index (χ1v) is 6.10. The lowest BCUT2D eigenvalue weighted by atomic mass is 10.0. The Kier molecular flexibility index (Phi) is 3.55. The summed E-state index contributed by atoms with van der Waals surface area (Å²) in [5.41, 5.74) is 3.43. The van der Waals surface area contributed by atoms with Crippen LogP contribution in [0.2, 0.25) is 0 Å². The fourth-order valence-corrected chi connectivity index (χ4v) is 2.15. The lowest BCUT2D eigenvalue weighted by Crippen LogP contribution is -1.96. The zero-order valence-corrected chi connectivity index (χ0v) is 11.2. The Hall–Kier alpha value is -2.30. The first kappa shape index (κ1) is 13.1. The Morgan fingerprint density at radius 1 is 1.26 bits per heavy atom. The molecule has 1 aromatic heterocycles. The van der Waals surface area contributed by atoms with Crippen LogP contribution in [0.3, 0.4) is 0 Å². The van der Waals surface area contributed by atoms with Gasteiger partial charge in [-0.2, -0.15) is 0 Å². The molecule has 0 fully saturated rings. The fraction of sp³-hybridized carbons (Fsp3) is 0.286. The van der Waals surface area contributed by atoms with E-state index in [0.717, 1.165) is 17.0 Å². The van der Waals surface area contributed by atoms with Crippen molar-refractivity contribution in [1.82, 2.24) is 4.98 Å². The molecule has 0 spiro atoms. The zero-order chi connectivity index (χ0) is 14.0. The topological polar surface area (TPSA) is 68.2 Å². The summed E-state index contributed by atoms with van der Waals surface area (Å²) >= 11 is 0. The predicted molar refractivity (Wildman–Crippen MR) is 73.5 cm³/mol. The van der Waals surface area contributed by atoms with Crippen LogP contribution in [-0.4, -0.2) is 16.5 Å². The van der Waals surface area contributed by atoms with E-state index in [1.54, 1.807) is 12.1 Å². The molecule has 1 aromatic carbocycles. The Morgan fingerprint density at radius 2 is 2.00 bits per heavy atom. The summed E-state index contributed by atoms with van der Waals surface area (Å²) in [7, 11) is 0. The highest BCUT2D eigenvalue weighted by atomic mass is 16.6. The van der Waals surface area contributed by atoms with Gasteiger partial charge in [-0.15, -0.1) is 0 Å². The Morgan fingerprint density at radius 3 is 2.53 bits per heavy atom. The number of rotatable bonds is 4. The van der Waals surface area contributed by atoms with Crippen LogP contribution < -0.4 is 4.74 Å². The van der Waals surface area contributed by atoms with Crippen LogP contribution in [0.1, 0.15) is 18.3 Å². The largest absolute Gasteiger partial charge is 0.494 e. The van der Waals surface area contributed by atoms with E-state index < -0.39 is 0 Å². The first-order chi connectivity index (χ1) is 9.02. The van der Waals surface area contributed by atoms with Gasteiger partial charge in [0.25, 0.3) is 5.69 Å². The van der Waals surface area contributed by atoms with Crippen LogP contribution in [-0.2, 0) is 0 Å². The van der Waals surface area contributed by atoms with Gasteiger partial charge >= 0.3 is 0 Å². The van der Waals surface area contributed by atoms with Gasteiger partial charge in [0.15, 0.2) is 0 Å². The van der Waals surface area contributed by atoms with Gasteiger partial charge in [0, 0.05) is 17.0 Å². The molecule has 1 N–H and O–H groups in total. The number of hydrogen-bond acceptors (Lipinski definition) is 3. The highest BCUT2D eigenvalue weighted by Gasteiger charge is 2.19. The Bertz CT molecular complexity index is 617. The summed E-state index contributed by atoms with van der Waals surface area (Å²) in [6.07, 6.45) is 0.